The van der Waals surface area contributed by atoms with E-state index in [4.69, 9.17) is 9.47 Å². The van der Waals surface area contributed by atoms with E-state index in [0.717, 1.165) is 44.6 Å². The van der Waals surface area contributed by atoms with Crippen LogP contribution in [0, 0.1) is 5.92 Å². The van der Waals surface area contributed by atoms with E-state index in [2.05, 4.69) is 11.5 Å². The van der Waals surface area contributed by atoms with Gasteiger partial charge in [-0.2, -0.15) is 0 Å². The molecule has 2 amide bonds. The Hall–Kier alpha value is -2.54. The summed E-state index contributed by atoms with van der Waals surface area (Å²) in [5, 5.41) is 0. The van der Waals surface area contributed by atoms with E-state index in [1.165, 1.54) is 0 Å². The van der Waals surface area contributed by atoms with Crippen molar-refractivity contribution in [2.24, 2.45) is 5.92 Å². The molecule has 29 heavy (non-hydrogen) atoms. The predicted octanol–water partition coefficient (Wildman–Crippen LogP) is 3.32. The molecule has 2 heterocycles. The first-order chi connectivity index (χ1) is 14.0. The normalized spacial score (nSPS) is 20.2. The highest BCUT2D eigenvalue weighted by Crippen LogP contribution is 2.20. The Kier molecular flexibility index (Phi) is 7.52. The van der Waals surface area contributed by atoms with Gasteiger partial charge in [0.2, 0.25) is 0 Å². The van der Waals surface area contributed by atoms with Crippen molar-refractivity contribution < 1.29 is 19.1 Å². The van der Waals surface area contributed by atoms with Crippen molar-refractivity contribution in [1.82, 2.24) is 14.7 Å². The number of piperidine rings is 1. The number of amides is 2. The van der Waals surface area contributed by atoms with Crippen LogP contribution in [0.5, 0.6) is 0 Å². The second kappa shape index (κ2) is 10.3. The molecule has 7 nitrogen and oxygen atoms in total. The standard InChI is InChI=1S/C22H31N3O4/c1-18(2)29-22(27)25-10-6-9-20(16-25)15-23-11-13-24(14-12-23)21(26)28-17-19-7-4-3-5-8-19/h3-5,7-8,20H,1,6,9-17H2,2H3/t20-/m0/s1. The third-order valence-electron chi connectivity index (χ3n) is 5.39. The second-order valence-corrected chi connectivity index (χ2v) is 7.85. The van der Waals surface area contributed by atoms with Crippen molar-refractivity contribution in [1.29, 1.82) is 0 Å². The number of nitrogens with zero attached hydrogens (tertiary/aromatic N) is 3. The quantitative estimate of drug-likeness (QED) is 0.709. The van der Waals surface area contributed by atoms with Crippen LogP contribution in [0.3, 0.4) is 0 Å². The van der Waals surface area contributed by atoms with Crippen LogP contribution in [0.15, 0.2) is 42.7 Å². The maximum atomic E-state index is 12.3. The molecular weight excluding hydrogens is 370 g/mol. The first-order valence-corrected chi connectivity index (χ1v) is 10.3. The van der Waals surface area contributed by atoms with Gasteiger partial charge in [0, 0.05) is 45.8 Å². The van der Waals surface area contributed by atoms with Gasteiger partial charge >= 0.3 is 12.2 Å². The second-order valence-electron chi connectivity index (χ2n) is 7.85. The van der Waals surface area contributed by atoms with Crippen molar-refractivity contribution >= 4 is 12.2 Å². The van der Waals surface area contributed by atoms with Crippen LogP contribution >= 0.6 is 0 Å². The van der Waals surface area contributed by atoms with Crippen LogP contribution in [0.2, 0.25) is 0 Å². The van der Waals surface area contributed by atoms with Gasteiger partial charge in [-0.25, -0.2) is 9.59 Å². The molecule has 2 fully saturated rings. The minimum atomic E-state index is -0.298. The van der Waals surface area contributed by atoms with Crippen molar-refractivity contribution in [2.75, 3.05) is 45.8 Å². The number of ether oxygens (including phenoxy) is 2. The topological polar surface area (TPSA) is 62.3 Å². The minimum absolute atomic E-state index is 0.250. The zero-order chi connectivity index (χ0) is 20.6. The molecule has 2 saturated heterocycles. The van der Waals surface area contributed by atoms with Gasteiger partial charge in [-0.1, -0.05) is 36.9 Å². The molecule has 1 atom stereocenters. The highest BCUT2D eigenvalue weighted by atomic mass is 16.6. The SMILES string of the molecule is C=C(C)OC(=O)N1CCC[C@@H](CN2CCN(C(=O)OCc3ccccc3)CC2)C1. The summed E-state index contributed by atoms with van der Waals surface area (Å²) in [5.41, 5.74) is 0.992. The van der Waals surface area contributed by atoms with Crippen LogP contribution in [0.25, 0.3) is 0 Å². The summed E-state index contributed by atoms with van der Waals surface area (Å²) in [6.07, 6.45) is 1.55. The van der Waals surface area contributed by atoms with Crippen LogP contribution in [0.4, 0.5) is 9.59 Å². The molecule has 7 heteroatoms. The number of piperazine rings is 1. The highest BCUT2D eigenvalue weighted by Gasteiger charge is 2.28. The van der Waals surface area contributed by atoms with Gasteiger partial charge in [-0.3, -0.25) is 4.90 Å². The molecule has 1 aromatic rings. The highest BCUT2D eigenvalue weighted by molar-refractivity contribution is 5.69. The molecule has 2 aliphatic heterocycles. The van der Waals surface area contributed by atoms with Gasteiger partial charge in [0.05, 0.1) is 5.76 Å². The predicted molar refractivity (Wildman–Crippen MR) is 110 cm³/mol. The maximum Gasteiger partial charge on any atom is 0.414 e. The van der Waals surface area contributed by atoms with E-state index < -0.39 is 0 Å². The fourth-order valence-corrected chi connectivity index (χ4v) is 3.88. The van der Waals surface area contributed by atoms with E-state index in [-0.39, 0.29) is 12.2 Å². The van der Waals surface area contributed by atoms with Crippen LogP contribution in [0.1, 0.15) is 25.3 Å². The van der Waals surface area contributed by atoms with Gasteiger partial charge in [0.15, 0.2) is 0 Å². The van der Waals surface area contributed by atoms with Gasteiger partial charge < -0.3 is 19.3 Å². The molecule has 0 spiro atoms. The summed E-state index contributed by atoms with van der Waals surface area (Å²) in [6, 6.07) is 9.72. The largest absolute Gasteiger partial charge is 0.445 e. The van der Waals surface area contributed by atoms with E-state index in [1.54, 1.807) is 16.7 Å². The van der Waals surface area contributed by atoms with E-state index >= 15 is 0 Å². The van der Waals surface area contributed by atoms with Crippen molar-refractivity contribution in [3.63, 3.8) is 0 Å². The van der Waals surface area contributed by atoms with E-state index in [1.807, 2.05) is 30.3 Å². The third-order valence-corrected chi connectivity index (χ3v) is 5.39. The minimum Gasteiger partial charge on any atom is -0.445 e. The molecule has 0 aliphatic carbocycles. The summed E-state index contributed by atoms with van der Waals surface area (Å²) >= 11 is 0. The molecule has 0 N–H and O–H groups in total. The monoisotopic (exact) mass is 401 g/mol. The van der Waals surface area contributed by atoms with E-state index in [9.17, 15) is 9.59 Å². The Morgan fingerprint density at radius 2 is 1.76 bits per heavy atom. The summed E-state index contributed by atoms with van der Waals surface area (Å²) < 4.78 is 10.6. The molecule has 1 aromatic carbocycles. The molecule has 0 aromatic heterocycles. The number of allylic oxidation sites excluding steroid dienone is 1. The van der Waals surface area contributed by atoms with Gasteiger partial charge in [0.1, 0.15) is 6.61 Å². The lowest BCUT2D eigenvalue weighted by atomic mass is 9.97. The lowest BCUT2D eigenvalue weighted by Crippen LogP contribution is -2.51. The molecular formula is C22H31N3O4. The molecule has 0 radical (unpaired) electrons. The molecule has 0 bridgehead atoms. The first kappa shape index (κ1) is 21.2. The Bertz CT molecular complexity index is 701. The summed E-state index contributed by atoms with van der Waals surface area (Å²) in [4.78, 5) is 30.3. The molecule has 0 unspecified atom stereocenters. The van der Waals surface area contributed by atoms with Gasteiger partial charge in [0.25, 0.3) is 0 Å². The molecule has 0 saturated carbocycles. The number of likely N-dealkylation sites (tertiary alicyclic amines) is 1. The summed E-state index contributed by atoms with van der Waals surface area (Å²) in [6.45, 7) is 11.0. The van der Waals surface area contributed by atoms with Crippen LogP contribution in [-0.4, -0.2) is 72.7 Å². The van der Waals surface area contributed by atoms with Gasteiger partial charge in [-0.15, -0.1) is 0 Å². The first-order valence-electron chi connectivity index (χ1n) is 10.3. The number of carbonyl (C=O) groups is 2. The fourth-order valence-electron chi connectivity index (χ4n) is 3.88. The number of benzene rings is 1. The van der Waals surface area contributed by atoms with E-state index in [0.29, 0.717) is 37.9 Å². The molecule has 158 valence electrons. The lowest BCUT2D eigenvalue weighted by molar-refractivity contribution is 0.0590. The Morgan fingerprint density at radius 1 is 1.03 bits per heavy atom. The zero-order valence-corrected chi connectivity index (χ0v) is 17.2. The third kappa shape index (κ3) is 6.49. The van der Waals surface area contributed by atoms with Crippen LogP contribution < -0.4 is 0 Å². The fraction of sp³-hybridized carbons (Fsp3) is 0.545. The average molecular weight is 402 g/mol. The van der Waals surface area contributed by atoms with Crippen molar-refractivity contribution in [3.05, 3.63) is 48.2 Å². The van der Waals surface area contributed by atoms with Crippen molar-refractivity contribution in [3.8, 4) is 0 Å². The Balaban J connectivity index is 1.38. The average Bonchev–Trinajstić information content (AvgIpc) is 2.73. The summed E-state index contributed by atoms with van der Waals surface area (Å²) in [5.74, 6) is 0.852. The zero-order valence-electron chi connectivity index (χ0n) is 17.2. The van der Waals surface area contributed by atoms with Gasteiger partial charge in [-0.05, 0) is 31.2 Å². The maximum absolute atomic E-state index is 12.3. The Morgan fingerprint density at radius 3 is 2.45 bits per heavy atom. The number of carbonyl (C=O) groups excluding carboxylic acids is 2. The summed E-state index contributed by atoms with van der Waals surface area (Å²) in [7, 11) is 0. The number of hydrogen-bond acceptors (Lipinski definition) is 5. The molecule has 2 aliphatic rings. The van der Waals surface area contributed by atoms with Crippen LogP contribution in [-0.2, 0) is 16.1 Å². The number of rotatable bonds is 5. The van der Waals surface area contributed by atoms with Crippen molar-refractivity contribution in [2.45, 2.75) is 26.4 Å². The lowest BCUT2D eigenvalue weighted by Gasteiger charge is -2.38. The molecule has 3 rings (SSSR count). The Labute approximate surface area is 172 Å². The smallest absolute Gasteiger partial charge is 0.414 e. The number of hydrogen-bond donors (Lipinski definition) is 0.